The van der Waals surface area contributed by atoms with Gasteiger partial charge < -0.3 is 15.0 Å². The van der Waals surface area contributed by atoms with Crippen LogP contribution in [0.2, 0.25) is 0 Å². The van der Waals surface area contributed by atoms with Crippen LogP contribution in [0.4, 0.5) is 17.2 Å². The molecule has 1 fully saturated rings. The highest BCUT2D eigenvalue weighted by Crippen LogP contribution is 2.27. The van der Waals surface area contributed by atoms with E-state index in [-0.39, 0.29) is 0 Å². The molecule has 0 amide bonds. The fourth-order valence-corrected chi connectivity index (χ4v) is 3.11. The van der Waals surface area contributed by atoms with E-state index < -0.39 is 0 Å². The monoisotopic (exact) mass is 346 g/mol. The summed E-state index contributed by atoms with van der Waals surface area (Å²) in [5.74, 6) is 1.43. The normalized spacial score (nSPS) is 16.5. The van der Waals surface area contributed by atoms with Crippen LogP contribution in [0.3, 0.4) is 0 Å². The highest BCUT2D eigenvalue weighted by Gasteiger charge is 2.14. The van der Waals surface area contributed by atoms with Crippen molar-refractivity contribution in [2.24, 2.45) is 0 Å². The van der Waals surface area contributed by atoms with Crippen LogP contribution in [0.1, 0.15) is 5.82 Å². The zero-order valence-electron chi connectivity index (χ0n) is 14.1. The first-order chi connectivity index (χ1) is 12.9. The van der Waals surface area contributed by atoms with Crippen molar-refractivity contribution < 1.29 is 4.74 Å². The van der Waals surface area contributed by atoms with Crippen LogP contribution in [0.25, 0.3) is 16.6 Å². The minimum atomic E-state index is 0.703. The van der Waals surface area contributed by atoms with Gasteiger partial charge in [-0.25, -0.2) is 9.97 Å². The van der Waals surface area contributed by atoms with E-state index in [2.05, 4.69) is 54.6 Å². The molecule has 0 bridgehead atoms. The predicted octanol–water partition coefficient (Wildman–Crippen LogP) is 2.89. The first-order valence-electron chi connectivity index (χ1n) is 8.66. The van der Waals surface area contributed by atoms with Crippen LogP contribution in [0, 0.1) is 0 Å². The van der Waals surface area contributed by atoms with Crippen LogP contribution in [-0.2, 0) is 4.74 Å². The number of aromatic nitrogens is 4. The van der Waals surface area contributed by atoms with Crippen molar-refractivity contribution in [3.8, 4) is 0 Å². The van der Waals surface area contributed by atoms with Crippen molar-refractivity contribution in [1.82, 2.24) is 20.2 Å². The average molecular weight is 346 g/mol. The van der Waals surface area contributed by atoms with Crippen LogP contribution < -0.4 is 10.2 Å². The van der Waals surface area contributed by atoms with Crippen molar-refractivity contribution in [2.75, 3.05) is 36.5 Å². The summed E-state index contributed by atoms with van der Waals surface area (Å²) in [6.45, 7) is 3.43. The van der Waals surface area contributed by atoms with Gasteiger partial charge in [0.2, 0.25) is 0 Å². The fourth-order valence-electron chi connectivity index (χ4n) is 3.11. The smallest absolute Gasteiger partial charge is 0.162 e. The molecule has 0 saturated carbocycles. The maximum absolute atomic E-state index is 5.41. The highest BCUT2D eigenvalue weighted by molar-refractivity contribution is 5.89. The number of fused-ring (bicyclic) bond motifs is 1. The summed E-state index contributed by atoms with van der Waals surface area (Å²) in [7, 11) is 0. The van der Waals surface area contributed by atoms with Gasteiger partial charge in [0.1, 0.15) is 11.0 Å². The molecular weight excluding hydrogens is 328 g/mol. The van der Waals surface area contributed by atoms with Gasteiger partial charge in [-0.1, -0.05) is 18.2 Å². The van der Waals surface area contributed by atoms with Crippen molar-refractivity contribution >= 4 is 33.8 Å². The van der Waals surface area contributed by atoms with E-state index in [9.17, 15) is 0 Å². The minimum Gasteiger partial charge on any atom is -0.378 e. The number of nitrogens with one attached hydrogen (secondary N) is 2. The lowest BCUT2D eigenvalue weighted by Crippen LogP contribution is -2.36. The lowest BCUT2D eigenvalue weighted by Gasteiger charge is -2.28. The van der Waals surface area contributed by atoms with Crippen LogP contribution in [0.15, 0.2) is 48.7 Å². The van der Waals surface area contributed by atoms with Crippen molar-refractivity contribution in [1.29, 1.82) is 0 Å². The van der Waals surface area contributed by atoms with Gasteiger partial charge in [-0.05, 0) is 24.3 Å². The molecule has 3 aromatic rings. The molecule has 2 aromatic heterocycles. The van der Waals surface area contributed by atoms with Gasteiger partial charge >= 0.3 is 0 Å². The third kappa shape index (κ3) is 2.72. The molecule has 0 atom stereocenters. The molecule has 2 N–H and O–H groups in total. The van der Waals surface area contributed by atoms with E-state index in [0.29, 0.717) is 5.82 Å². The van der Waals surface area contributed by atoms with Gasteiger partial charge in [0.25, 0.3) is 0 Å². The van der Waals surface area contributed by atoms with Crippen LogP contribution >= 0.6 is 0 Å². The molecule has 2 aliphatic rings. The zero-order chi connectivity index (χ0) is 17.3. The summed E-state index contributed by atoms with van der Waals surface area (Å²) in [5, 5.41) is 10.5. The van der Waals surface area contributed by atoms with E-state index in [1.165, 1.54) is 5.69 Å². The Labute approximate surface area is 150 Å². The molecule has 1 aliphatic carbocycles. The second kappa shape index (κ2) is 6.27. The lowest BCUT2D eigenvalue weighted by atomic mass is 10.1. The maximum Gasteiger partial charge on any atom is 0.162 e. The number of rotatable bonds is 4. The molecule has 7 nitrogen and oxygen atoms in total. The molecule has 0 spiro atoms. The first-order valence-corrected chi connectivity index (χ1v) is 8.66. The number of allylic oxidation sites excluding steroid dienone is 4. The summed E-state index contributed by atoms with van der Waals surface area (Å²) in [6, 6.07) is 8.38. The number of benzene rings is 1. The van der Waals surface area contributed by atoms with Gasteiger partial charge in [-0.2, -0.15) is 5.10 Å². The molecule has 1 saturated heterocycles. The van der Waals surface area contributed by atoms with Gasteiger partial charge in [-0.3, -0.25) is 5.10 Å². The largest absolute Gasteiger partial charge is 0.378 e. The number of morpholine rings is 1. The Morgan fingerprint density at radius 3 is 2.62 bits per heavy atom. The Morgan fingerprint density at radius 1 is 1.08 bits per heavy atom. The van der Waals surface area contributed by atoms with Crippen LogP contribution in [0.5, 0.6) is 0 Å². The minimum absolute atomic E-state index is 0.703. The van der Waals surface area contributed by atoms with Crippen molar-refractivity contribution in [3.63, 3.8) is 0 Å². The molecule has 0 unspecified atom stereocenters. The molecule has 0 radical (unpaired) electrons. The SMILES string of the molecule is C1=CC(c2nc(Nc3ccc(N4CCOCC4)cc3)c3[nH]ncc3n2)=C1. The quantitative estimate of drug-likeness (QED) is 0.756. The summed E-state index contributed by atoms with van der Waals surface area (Å²) in [5.41, 5.74) is 4.80. The Morgan fingerprint density at radius 2 is 1.88 bits per heavy atom. The van der Waals surface area contributed by atoms with Gasteiger partial charge in [0, 0.05) is 30.0 Å². The van der Waals surface area contributed by atoms with Gasteiger partial charge in [0.15, 0.2) is 11.6 Å². The standard InChI is InChI=1S/C19H18N6O/c1-2-13(3-1)18-22-16-12-20-24-17(16)19(23-18)21-14-4-6-15(7-5-14)25-8-10-26-11-9-25/h1-7,12H,8-11H2,(H,20,24)(H,21,22,23). The van der Waals surface area contributed by atoms with Gasteiger partial charge in [0.05, 0.1) is 19.4 Å². The first kappa shape index (κ1) is 15.1. The second-order valence-electron chi connectivity index (χ2n) is 6.28. The number of anilines is 3. The lowest BCUT2D eigenvalue weighted by molar-refractivity contribution is 0.122. The third-order valence-electron chi connectivity index (χ3n) is 4.62. The zero-order valence-corrected chi connectivity index (χ0v) is 14.1. The number of hydrogen-bond donors (Lipinski definition) is 2. The molecule has 26 heavy (non-hydrogen) atoms. The second-order valence-corrected chi connectivity index (χ2v) is 6.28. The molecule has 130 valence electrons. The number of ether oxygens (including phenoxy) is 1. The molecule has 1 aliphatic heterocycles. The number of hydrogen-bond acceptors (Lipinski definition) is 6. The number of aromatic amines is 1. The van der Waals surface area contributed by atoms with Crippen LogP contribution in [-0.4, -0.2) is 46.5 Å². The summed E-state index contributed by atoms with van der Waals surface area (Å²) >= 11 is 0. The molecule has 3 heterocycles. The Balaban J connectivity index is 1.42. The highest BCUT2D eigenvalue weighted by atomic mass is 16.5. The molecule has 5 rings (SSSR count). The third-order valence-corrected chi connectivity index (χ3v) is 4.62. The number of nitrogens with zero attached hydrogens (tertiary/aromatic N) is 4. The summed E-state index contributed by atoms with van der Waals surface area (Å²) < 4.78 is 5.41. The average Bonchev–Trinajstić information content (AvgIpc) is 3.11. The van der Waals surface area contributed by atoms with Gasteiger partial charge in [-0.15, -0.1) is 0 Å². The Bertz CT molecular complexity index is 999. The number of H-pyrrole nitrogens is 1. The maximum atomic E-state index is 5.41. The van der Waals surface area contributed by atoms with E-state index in [0.717, 1.165) is 54.4 Å². The molecule has 7 heteroatoms. The summed E-state index contributed by atoms with van der Waals surface area (Å²) in [6.07, 6.45) is 7.70. The fraction of sp³-hybridized carbons (Fsp3) is 0.211. The summed E-state index contributed by atoms with van der Waals surface area (Å²) in [4.78, 5) is 11.5. The van der Waals surface area contributed by atoms with Crippen molar-refractivity contribution in [2.45, 2.75) is 0 Å². The van der Waals surface area contributed by atoms with Crippen molar-refractivity contribution in [3.05, 3.63) is 54.5 Å². The molecule has 1 aromatic carbocycles. The topological polar surface area (TPSA) is 79.0 Å². The predicted molar refractivity (Wildman–Crippen MR) is 102 cm³/mol. The Kier molecular flexibility index (Phi) is 3.64. The Hall–Kier alpha value is -3.19. The van der Waals surface area contributed by atoms with E-state index >= 15 is 0 Å². The van der Waals surface area contributed by atoms with E-state index in [1.54, 1.807) is 6.20 Å². The van der Waals surface area contributed by atoms with E-state index in [4.69, 9.17) is 4.74 Å². The van der Waals surface area contributed by atoms with E-state index in [1.807, 2.05) is 18.2 Å². The molecular formula is C19H18N6O.